The molecule has 1 aliphatic heterocycles. The van der Waals surface area contributed by atoms with E-state index in [1.807, 2.05) is 36.4 Å². The zero-order valence-corrected chi connectivity index (χ0v) is 19.1. The highest BCUT2D eigenvalue weighted by atomic mass is 16.3. The van der Waals surface area contributed by atoms with Gasteiger partial charge in [0.2, 0.25) is 0 Å². The number of aryl methyl sites for hydroxylation is 1. The van der Waals surface area contributed by atoms with E-state index in [0.717, 1.165) is 39.8 Å². The molecule has 1 aromatic heterocycles. The second-order valence-electron chi connectivity index (χ2n) is 9.66. The molecule has 0 saturated carbocycles. The van der Waals surface area contributed by atoms with Crippen molar-refractivity contribution in [1.29, 1.82) is 0 Å². The fourth-order valence-electron chi connectivity index (χ4n) is 5.72. The summed E-state index contributed by atoms with van der Waals surface area (Å²) in [5, 5.41) is 11.7. The Balaban J connectivity index is 1.40. The van der Waals surface area contributed by atoms with Crippen LogP contribution in [0.4, 0.5) is 0 Å². The number of pyridine rings is 1. The summed E-state index contributed by atoms with van der Waals surface area (Å²) in [6, 6.07) is 21.3. The number of nitrogens with zero attached hydrogens (tertiary/aromatic N) is 2. The number of benzene rings is 2. The molecule has 2 atom stereocenters. The van der Waals surface area contributed by atoms with Gasteiger partial charge in [-0.2, -0.15) is 0 Å². The third-order valence-electron chi connectivity index (χ3n) is 7.44. The maximum Gasteiger partial charge on any atom is 0.177 e. The highest BCUT2D eigenvalue weighted by Crippen LogP contribution is 2.48. The van der Waals surface area contributed by atoms with Crippen molar-refractivity contribution in [3.05, 3.63) is 89.7 Å². The highest BCUT2D eigenvalue weighted by molar-refractivity contribution is 5.80. The molecule has 3 aromatic rings. The maximum atomic E-state index is 11.7. The van der Waals surface area contributed by atoms with Gasteiger partial charge in [0.1, 0.15) is 25.2 Å². The van der Waals surface area contributed by atoms with Crippen LogP contribution in [0.5, 0.6) is 0 Å². The molecule has 5 rings (SSSR count). The highest BCUT2D eigenvalue weighted by Gasteiger charge is 2.41. The Morgan fingerprint density at radius 1 is 0.969 bits per heavy atom. The van der Waals surface area contributed by atoms with Crippen molar-refractivity contribution >= 4 is 0 Å². The number of hydrogen-bond donors (Lipinski definition) is 1. The van der Waals surface area contributed by atoms with Crippen LogP contribution in [0.1, 0.15) is 48.4 Å². The Morgan fingerprint density at radius 3 is 2.34 bits per heavy atom. The number of rotatable bonds is 3. The first-order valence-corrected chi connectivity index (χ1v) is 11.7. The molecule has 1 saturated heterocycles. The van der Waals surface area contributed by atoms with Gasteiger partial charge in [0.25, 0.3) is 0 Å². The lowest BCUT2D eigenvalue weighted by molar-refractivity contribution is -0.938. The smallest absolute Gasteiger partial charge is 0.177 e. The summed E-state index contributed by atoms with van der Waals surface area (Å²) in [6.07, 6.45) is 8.50. The Hall–Kier alpha value is -2.93. The van der Waals surface area contributed by atoms with Gasteiger partial charge >= 0.3 is 0 Å². The van der Waals surface area contributed by atoms with Crippen molar-refractivity contribution in [2.45, 2.75) is 37.3 Å². The Kier molecular flexibility index (Phi) is 5.37. The van der Waals surface area contributed by atoms with E-state index in [0.29, 0.717) is 12.5 Å². The molecule has 0 amide bonds. The van der Waals surface area contributed by atoms with Crippen LogP contribution in [0.15, 0.2) is 73.1 Å². The quantitative estimate of drug-likeness (QED) is 0.374. The van der Waals surface area contributed by atoms with Gasteiger partial charge in [-0.3, -0.25) is 0 Å². The molecule has 0 unspecified atom stereocenters. The SMILES string of the molecule is C[n+]1cccc([C@H]2CCCC[N@+]2(C)CC#CCC2(O)c3ccccc3-c3ccccc32)c1. The molecule has 1 aliphatic carbocycles. The van der Waals surface area contributed by atoms with Gasteiger partial charge in [-0.05, 0) is 47.1 Å². The molecule has 2 aliphatic rings. The molecule has 1 fully saturated rings. The second kappa shape index (κ2) is 8.20. The van der Waals surface area contributed by atoms with E-state index in [1.54, 1.807) is 0 Å². The zero-order valence-electron chi connectivity index (χ0n) is 19.1. The predicted molar refractivity (Wildman–Crippen MR) is 127 cm³/mol. The molecule has 32 heavy (non-hydrogen) atoms. The van der Waals surface area contributed by atoms with Gasteiger partial charge < -0.3 is 9.59 Å². The van der Waals surface area contributed by atoms with Gasteiger partial charge in [0.05, 0.1) is 19.2 Å². The summed E-state index contributed by atoms with van der Waals surface area (Å²) < 4.78 is 3.09. The van der Waals surface area contributed by atoms with Crippen LogP contribution >= 0.6 is 0 Å². The molecular formula is C29H32N2O+2. The van der Waals surface area contributed by atoms with E-state index in [9.17, 15) is 5.11 Å². The van der Waals surface area contributed by atoms with Crippen molar-refractivity contribution in [3.8, 4) is 23.0 Å². The van der Waals surface area contributed by atoms with E-state index < -0.39 is 5.60 Å². The first kappa shape index (κ1) is 20.9. The number of likely N-dealkylation sites (tertiary alicyclic amines) is 1. The molecule has 0 spiro atoms. The maximum absolute atomic E-state index is 11.7. The molecule has 0 bridgehead atoms. The number of aliphatic hydroxyl groups is 1. The first-order valence-electron chi connectivity index (χ1n) is 11.7. The average molecular weight is 425 g/mol. The normalized spacial score (nSPS) is 23.0. The summed E-state index contributed by atoms with van der Waals surface area (Å²) in [6.45, 7) is 1.95. The van der Waals surface area contributed by atoms with Gasteiger partial charge in [0.15, 0.2) is 12.4 Å². The first-order chi connectivity index (χ1) is 15.5. The molecular weight excluding hydrogens is 392 g/mol. The van der Waals surface area contributed by atoms with Crippen LogP contribution in [0.25, 0.3) is 11.1 Å². The average Bonchev–Trinajstić information content (AvgIpc) is 3.06. The van der Waals surface area contributed by atoms with Crippen molar-refractivity contribution in [2.75, 3.05) is 20.1 Å². The topological polar surface area (TPSA) is 24.1 Å². The van der Waals surface area contributed by atoms with Crippen LogP contribution in [0.2, 0.25) is 0 Å². The van der Waals surface area contributed by atoms with Crippen LogP contribution in [0.3, 0.4) is 0 Å². The summed E-state index contributed by atoms with van der Waals surface area (Å²) >= 11 is 0. The summed E-state index contributed by atoms with van der Waals surface area (Å²) in [7, 11) is 4.44. The minimum Gasteiger partial charge on any atom is -0.379 e. The largest absolute Gasteiger partial charge is 0.379 e. The summed E-state index contributed by atoms with van der Waals surface area (Å²) in [5.74, 6) is 6.86. The Morgan fingerprint density at radius 2 is 1.66 bits per heavy atom. The van der Waals surface area contributed by atoms with E-state index in [-0.39, 0.29) is 0 Å². The third-order valence-corrected chi connectivity index (χ3v) is 7.44. The third kappa shape index (κ3) is 3.54. The minimum absolute atomic E-state index is 0.423. The predicted octanol–water partition coefficient (Wildman–Crippen LogP) is 4.49. The van der Waals surface area contributed by atoms with Crippen molar-refractivity contribution in [3.63, 3.8) is 0 Å². The molecule has 3 nitrogen and oxygen atoms in total. The van der Waals surface area contributed by atoms with Crippen molar-refractivity contribution < 1.29 is 14.2 Å². The minimum atomic E-state index is -1.03. The van der Waals surface area contributed by atoms with Crippen molar-refractivity contribution in [2.24, 2.45) is 7.05 Å². The lowest BCUT2D eigenvalue weighted by atomic mass is 9.88. The van der Waals surface area contributed by atoms with Gasteiger partial charge in [-0.15, -0.1) is 0 Å². The molecule has 3 heteroatoms. The number of quaternary nitrogens is 1. The number of hydrogen-bond acceptors (Lipinski definition) is 1. The summed E-state index contributed by atoms with van der Waals surface area (Å²) in [5.41, 5.74) is 4.56. The lowest BCUT2D eigenvalue weighted by Gasteiger charge is -2.43. The number of piperidine rings is 1. The van der Waals surface area contributed by atoms with Crippen LogP contribution in [0, 0.1) is 11.8 Å². The second-order valence-corrected chi connectivity index (χ2v) is 9.66. The van der Waals surface area contributed by atoms with Crippen LogP contribution < -0.4 is 4.57 Å². The molecule has 1 N–H and O–H groups in total. The van der Waals surface area contributed by atoms with E-state index in [1.165, 1.54) is 24.8 Å². The molecule has 2 heterocycles. The Bertz CT molecular complexity index is 1160. The molecule has 162 valence electrons. The van der Waals surface area contributed by atoms with E-state index >= 15 is 0 Å². The zero-order chi connectivity index (χ0) is 22.2. The van der Waals surface area contributed by atoms with E-state index in [4.69, 9.17) is 0 Å². The van der Waals surface area contributed by atoms with Gasteiger partial charge in [-0.1, -0.05) is 54.5 Å². The fourth-order valence-corrected chi connectivity index (χ4v) is 5.72. The van der Waals surface area contributed by atoms with Gasteiger partial charge in [0, 0.05) is 18.9 Å². The standard InChI is InChI=1S/C29H32N2O/c1-30-19-11-12-23(22-30)28-17-7-9-20-31(28,2)21-10-8-18-29(32)26-15-5-3-13-24(26)25-14-4-6-16-27(25)29/h3-6,11-16,19,22,28,32H,7,9,17-18,20-21H2,1-2H3/q+2/t28-,31-/m1/s1. The number of fused-ring (bicyclic) bond motifs is 3. The lowest BCUT2D eigenvalue weighted by Crippen LogP contribution is -2.50. The van der Waals surface area contributed by atoms with Crippen molar-refractivity contribution in [1.82, 2.24) is 0 Å². The van der Waals surface area contributed by atoms with Crippen LogP contribution in [-0.4, -0.2) is 29.7 Å². The van der Waals surface area contributed by atoms with E-state index in [2.05, 4.69) is 67.2 Å². The van der Waals surface area contributed by atoms with Crippen LogP contribution in [-0.2, 0) is 12.6 Å². The summed E-state index contributed by atoms with van der Waals surface area (Å²) in [4.78, 5) is 0. The fraction of sp³-hybridized carbons (Fsp3) is 0.345. The Labute approximate surface area is 191 Å². The monoisotopic (exact) mass is 424 g/mol. The molecule has 2 aromatic carbocycles. The number of aromatic nitrogens is 1. The molecule has 0 radical (unpaired) electrons. The van der Waals surface area contributed by atoms with Gasteiger partial charge in [-0.25, -0.2) is 4.57 Å².